The van der Waals surface area contributed by atoms with Crippen LogP contribution < -0.4 is 40.2 Å². The number of methoxy groups -OCH3 is 4. The van der Waals surface area contributed by atoms with Crippen molar-refractivity contribution in [2.24, 2.45) is 11.8 Å². The summed E-state index contributed by atoms with van der Waals surface area (Å²) in [6.45, 7) is 9.05. The van der Waals surface area contributed by atoms with E-state index in [0.29, 0.717) is 0 Å². The summed E-state index contributed by atoms with van der Waals surface area (Å²) in [5.74, 6) is 5.17. The van der Waals surface area contributed by atoms with Crippen LogP contribution in [0.5, 0.6) is 23.0 Å². The quantitative estimate of drug-likeness (QED) is 0.0585. The Balaban J connectivity index is 0.000000267. The Morgan fingerprint density at radius 2 is 0.642 bits per heavy atom. The van der Waals surface area contributed by atoms with Crippen LogP contribution in [0, 0.1) is 11.8 Å². The zero-order valence-electron chi connectivity index (χ0n) is 31.5. The van der Waals surface area contributed by atoms with Crippen LogP contribution in [0.3, 0.4) is 0 Å². The van der Waals surface area contributed by atoms with Gasteiger partial charge >= 0.3 is 0 Å². The summed E-state index contributed by atoms with van der Waals surface area (Å²) < 4.78 is 20.6. The number of rotatable bonds is 8. The van der Waals surface area contributed by atoms with Crippen molar-refractivity contribution in [1.82, 2.24) is 0 Å². The van der Waals surface area contributed by atoms with Gasteiger partial charge in [0.2, 0.25) is 0 Å². The van der Waals surface area contributed by atoms with Crippen LogP contribution >= 0.6 is 10.5 Å². The van der Waals surface area contributed by atoms with Crippen LogP contribution in [-0.2, 0) is 64.6 Å². The van der Waals surface area contributed by atoms with E-state index in [1.165, 1.54) is 25.7 Å². The summed E-state index contributed by atoms with van der Waals surface area (Å²) in [4.78, 5) is 0. The summed E-state index contributed by atoms with van der Waals surface area (Å²) in [5.41, 5.74) is 0. The Kier molecular flexibility index (Phi) is 22.4. The fraction of sp³-hybridized carbons (Fsp3) is 0.400. The molecule has 53 heavy (non-hydrogen) atoms. The predicted octanol–water partition coefficient (Wildman–Crippen LogP) is 8.23. The van der Waals surface area contributed by atoms with Crippen molar-refractivity contribution < 1.29 is 35.4 Å². The van der Waals surface area contributed by atoms with Gasteiger partial charge in [-0.15, -0.1) is 26.2 Å². The van der Waals surface area contributed by atoms with E-state index in [2.05, 4.69) is 24.5 Å². The average Bonchev–Trinajstić information content (AvgIpc) is 3.19. The van der Waals surface area contributed by atoms with E-state index in [0.717, 1.165) is 82.2 Å². The summed E-state index contributed by atoms with van der Waals surface area (Å²) in [6.07, 6.45) is 5.28. The second kappa shape index (κ2) is 24.9. The second-order valence-corrected chi connectivity index (χ2v) is 25.5. The minimum Gasteiger partial charge on any atom is -0.691 e. The third-order valence-electron chi connectivity index (χ3n) is 8.81. The third kappa shape index (κ3) is 15.9. The number of benzene rings is 4. The Morgan fingerprint density at radius 3 is 0.774 bits per heavy atom. The van der Waals surface area contributed by atoms with Gasteiger partial charge in [-0.3, -0.25) is 0 Å². The van der Waals surface area contributed by atoms with Gasteiger partial charge < -0.3 is 54.1 Å². The molecule has 4 aromatic rings. The van der Waals surface area contributed by atoms with E-state index in [-0.39, 0.29) is 16.5 Å². The van der Waals surface area contributed by atoms with Crippen LogP contribution in [0.25, 0.3) is 10.6 Å². The number of piperidine rings is 2. The van der Waals surface area contributed by atoms with Crippen molar-refractivity contribution in [3.63, 3.8) is 0 Å². The largest absolute Gasteiger partial charge is 0.691 e. The van der Waals surface area contributed by atoms with E-state index < -0.39 is 10.5 Å². The molecule has 6 rings (SSSR count). The molecule has 0 atom stereocenters. The van der Waals surface area contributed by atoms with Gasteiger partial charge in [-0.2, -0.15) is 0 Å². The predicted molar refractivity (Wildman–Crippen MR) is 240 cm³/mol. The number of hydrogen-bond donors (Lipinski definition) is 0. The van der Waals surface area contributed by atoms with E-state index in [1.807, 2.05) is 97.1 Å². The molecule has 0 unspecified atom stereocenters. The molecule has 0 amide bonds. The third-order valence-corrected chi connectivity index (χ3v) is 18.1. The van der Waals surface area contributed by atoms with E-state index in [9.17, 15) is 0 Å². The molecule has 0 spiro atoms. The molecule has 4 aromatic carbocycles. The van der Waals surface area contributed by atoms with Gasteiger partial charge in [0.15, 0.2) is 0 Å². The molecular weight excluding hydrogens is 821 g/mol. The molecule has 6 nitrogen and oxygen atoms in total. The minimum absolute atomic E-state index is 0. The molecule has 2 aliphatic rings. The van der Waals surface area contributed by atoms with E-state index in [4.69, 9.17) is 67.1 Å². The van der Waals surface area contributed by atoms with Gasteiger partial charge in [0.1, 0.15) is 46.6 Å². The van der Waals surface area contributed by atoms with Crippen LogP contribution in [-0.4, -0.2) is 54.6 Å². The Labute approximate surface area is 349 Å². The first-order valence-corrected chi connectivity index (χ1v) is 25.4. The molecule has 0 aliphatic carbocycles. The molecule has 2 heterocycles. The van der Waals surface area contributed by atoms with Gasteiger partial charge in [0, 0.05) is 37.7 Å². The Bertz CT molecular complexity index is 1460. The number of nitrogens with zero attached hydrogens (tertiary/aromatic N) is 2. The van der Waals surface area contributed by atoms with Crippen LogP contribution in [0.15, 0.2) is 97.1 Å². The normalized spacial score (nSPS) is 14.6. The topological polar surface area (TPSA) is 65.1 Å². The first-order chi connectivity index (χ1) is 24.9. The molecule has 0 saturated carbocycles. The maximum absolute atomic E-state index is 5.73. The molecular formula is C40H54N2NiO4P2S4-2. The summed E-state index contributed by atoms with van der Waals surface area (Å²) in [7, 11) is 6.59. The van der Waals surface area contributed by atoms with E-state index >= 15 is 0 Å². The summed E-state index contributed by atoms with van der Waals surface area (Å²) in [5, 5.41) is 8.58. The molecule has 0 bridgehead atoms. The number of thiol groups is 2. The maximum atomic E-state index is 5.73. The first-order valence-electron chi connectivity index (χ1n) is 17.4. The standard InChI is InChI=1S/2C14H15O2PS2.2C6H12N.Ni/c2*1-15-11-3-7-13(8-4-11)17(18,19)14-9-5-12(16-2)6-10-14;2*1-6-2-4-7-5-3-6;/h2*3-10H,1-2H3,(H,18,19);2*6H,2-5H2,1H3;/q;;2*-1;. The van der Waals surface area contributed by atoms with Gasteiger partial charge in [0.05, 0.1) is 38.9 Å². The molecule has 0 N–H and O–H groups in total. The fourth-order valence-electron chi connectivity index (χ4n) is 5.19. The molecule has 2 aliphatic heterocycles. The van der Waals surface area contributed by atoms with Gasteiger partial charge in [-0.1, -0.05) is 39.5 Å². The van der Waals surface area contributed by atoms with Crippen LogP contribution in [0.4, 0.5) is 0 Å². The zero-order chi connectivity index (χ0) is 38.0. The van der Waals surface area contributed by atoms with Crippen LogP contribution in [0.2, 0.25) is 0 Å². The smallest absolute Gasteiger partial charge is 0.118 e. The summed E-state index contributed by atoms with van der Waals surface area (Å²) in [6, 6.07) is 31.2. The molecule has 2 saturated heterocycles. The summed E-state index contributed by atoms with van der Waals surface area (Å²) >= 11 is 20.9. The second-order valence-electron chi connectivity index (χ2n) is 12.7. The van der Waals surface area contributed by atoms with Gasteiger partial charge in [0.25, 0.3) is 0 Å². The zero-order valence-corrected chi connectivity index (χ0v) is 37.7. The van der Waals surface area contributed by atoms with Crippen molar-refractivity contribution in [3.8, 4) is 23.0 Å². The van der Waals surface area contributed by atoms with Crippen molar-refractivity contribution >= 4 is 79.8 Å². The van der Waals surface area contributed by atoms with Gasteiger partial charge in [-0.05, 0) is 109 Å². The number of ether oxygens (including phenoxy) is 4. The molecule has 0 radical (unpaired) electrons. The van der Waals surface area contributed by atoms with Crippen molar-refractivity contribution in [3.05, 3.63) is 108 Å². The molecule has 13 heteroatoms. The van der Waals surface area contributed by atoms with Gasteiger partial charge in [-0.25, -0.2) is 0 Å². The van der Waals surface area contributed by atoms with E-state index in [1.54, 1.807) is 28.4 Å². The van der Waals surface area contributed by atoms with Crippen molar-refractivity contribution in [2.75, 3.05) is 54.6 Å². The maximum Gasteiger partial charge on any atom is 0.118 e. The molecule has 0 aromatic heterocycles. The SMILES string of the molecule is CC1CC[N-]CC1.CC1CC[N-]CC1.COc1ccc(P([S-])(=[SH+])c2ccc(OC)cc2)cc1.COc1ccc(P([S-])(=[SH+])c2ccc(OC)cc2)cc1.[Ni]. The number of hydrogen-bond acceptors (Lipinski definition) is 6. The van der Waals surface area contributed by atoms with Crippen LogP contribution in [0.1, 0.15) is 39.5 Å². The minimum atomic E-state index is -2.04. The fourth-order valence-corrected chi connectivity index (χ4v) is 11.1. The van der Waals surface area contributed by atoms with Crippen molar-refractivity contribution in [1.29, 1.82) is 0 Å². The first kappa shape index (κ1) is 47.6. The monoisotopic (exact) mass is 874 g/mol. The molecule has 2 fully saturated rings. The molecule has 294 valence electrons. The van der Waals surface area contributed by atoms with Crippen molar-refractivity contribution in [2.45, 2.75) is 39.5 Å². The Morgan fingerprint density at radius 1 is 0.453 bits per heavy atom. The Hall–Kier alpha value is -1.51. The average molecular weight is 876 g/mol.